The summed E-state index contributed by atoms with van der Waals surface area (Å²) in [5.41, 5.74) is 7.33. The number of rotatable bonds is 11. The van der Waals surface area contributed by atoms with Crippen molar-refractivity contribution in [2.24, 2.45) is 5.73 Å². The van der Waals surface area contributed by atoms with Gasteiger partial charge in [0, 0.05) is 23.9 Å². The number of halogens is 1. The van der Waals surface area contributed by atoms with Gasteiger partial charge < -0.3 is 10.6 Å². The number of nitrogens with zero attached hydrogens (tertiary/aromatic N) is 1. The van der Waals surface area contributed by atoms with Gasteiger partial charge in [0.25, 0.3) is 5.91 Å². The lowest BCUT2D eigenvalue weighted by Gasteiger charge is -2.26. The molecule has 4 N–H and O–H groups in total. The highest BCUT2D eigenvalue weighted by atomic mass is 19.1. The summed E-state index contributed by atoms with van der Waals surface area (Å²) in [5, 5.41) is 9.19. The molecule has 1 aliphatic carbocycles. The molecule has 0 saturated heterocycles. The number of nitrogens with two attached hydrogens (primary N) is 1. The fourth-order valence-electron chi connectivity index (χ4n) is 5.08. The lowest BCUT2D eigenvalue weighted by atomic mass is 9.90. The maximum Gasteiger partial charge on any atom is 0.282 e. The maximum atomic E-state index is 15.9. The number of hydrogen-bond acceptors (Lipinski definition) is 4. The molecule has 2 aromatic carbocycles. The Kier molecular flexibility index (Phi) is 7.87. The third-order valence-electron chi connectivity index (χ3n) is 6.58. The average molecular weight is 456 g/mol. The quantitative estimate of drug-likeness (QED) is 0.351. The largest absolute Gasteiger partial charge is 0.366 e. The Labute approximate surface area is 194 Å². The predicted octanol–water partition coefficient (Wildman–Crippen LogP) is 4.11. The molecule has 0 aliphatic heterocycles. The van der Waals surface area contributed by atoms with Gasteiger partial charge in [0.05, 0.1) is 0 Å². The van der Waals surface area contributed by atoms with E-state index in [9.17, 15) is 14.8 Å². The van der Waals surface area contributed by atoms with Gasteiger partial charge in [-0.3, -0.25) is 14.8 Å². The highest BCUT2D eigenvalue weighted by molar-refractivity contribution is 5.95. The smallest absolute Gasteiger partial charge is 0.282 e. The number of hydroxylamine groups is 1. The maximum absolute atomic E-state index is 15.9. The van der Waals surface area contributed by atoms with Crippen LogP contribution < -0.4 is 11.2 Å². The standard InChI is InChI=1S/C26H34FN3O3/c1-4-13-30(14-5-2)16-17(3)21-15-19(11-12-20(21)24(28)31)23-22(18-9-7-6-8-10-18)26(23,27)25(32)29-33/h6-12,15,17,22-23,33H,4-5,13-14,16H2,1-3H3,(H2,28,31)(H,29,32)/t17-,22-,23-,26+/m1/s1. The third kappa shape index (κ3) is 4.94. The summed E-state index contributed by atoms with van der Waals surface area (Å²) in [6, 6.07) is 14.1. The van der Waals surface area contributed by atoms with Crippen LogP contribution in [0.5, 0.6) is 0 Å². The molecule has 1 saturated carbocycles. The van der Waals surface area contributed by atoms with E-state index < -0.39 is 29.3 Å². The van der Waals surface area contributed by atoms with Crippen molar-refractivity contribution in [3.8, 4) is 0 Å². The van der Waals surface area contributed by atoms with Crippen LogP contribution >= 0.6 is 0 Å². The molecule has 0 bridgehead atoms. The summed E-state index contributed by atoms with van der Waals surface area (Å²) in [4.78, 5) is 26.8. The van der Waals surface area contributed by atoms with Gasteiger partial charge in [-0.2, -0.15) is 0 Å². The van der Waals surface area contributed by atoms with E-state index in [2.05, 4.69) is 18.7 Å². The van der Waals surface area contributed by atoms with Gasteiger partial charge in [-0.15, -0.1) is 0 Å². The molecular weight excluding hydrogens is 421 g/mol. The molecule has 1 aliphatic rings. The Bertz CT molecular complexity index is 978. The Balaban J connectivity index is 2.00. The van der Waals surface area contributed by atoms with Crippen molar-refractivity contribution in [2.45, 2.75) is 57.0 Å². The van der Waals surface area contributed by atoms with Crippen molar-refractivity contribution in [3.05, 3.63) is 70.8 Å². The number of hydrogen-bond donors (Lipinski definition) is 3. The summed E-state index contributed by atoms with van der Waals surface area (Å²) in [6.07, 6.45) is 2.05. The number of carbonyl (C=O) groups is 2. The van der Waals surface area contributed by atoms with Crippen LogP contribution in [0.3, 0.4) is 0 Å². The Morgan fingerprint density at radius 1 is 1.09 bits per heavy atom. The zero-order chi connectivity index (χ0) is 24.2. The minimum atomic E-state index is -2.28. The van der Waals surface area contributed by atoms with E-state index >= 15 is 4.39 Å². The second kappa shape index (κ2) is 10.4. The van der Waals surface area contributed by atoms with Gasteiger partial charge in [-0.05, 0) is 54.6 Å². The molecule has 6 nitrogen and oxygen atoms in total. The number of carbonyl (C=O) groups excluding carboxylic acids is 2. The molecule has 0 spiro atoms. The first-order valence-corrected chi connectivity index (χ1v) is 11.6. The summed E-state index contributed by atoms with van der Waals surface area (Å²) in [6.45, 7) is 8.95. The molecule has 0 aromatic heterocycles. The Morgan fingerprint density at radius 3 is 2.24 bits per heavy atom. The number of alkyl halides is 1. The van der Waals surface area contributed by atoms with Crippen LogP contribution in [0.4, 0.5) is 4.39 Å². The number of amides is 2. The highest BCUT2D eigenvalue weighted by Crippen LogP contribution is 2.66. The minimum Gasteiger partial charge on any atom is -0.366 e. The Hall–Kier alpha value is -2.77. The van der Waals surface area contributed by atoms with Crippen molar-refractivity contribution < 1.29 is 19.2 Å². The summed E-state index contributed by atoms with van der Waals surface area (Å²) < 4.78 is 15.9. The van der Waals surface area contributed by atoms with E-state index in [-0.39, 0.29) is 5.92 Å². The van der Waals surface area contributed by atoms with Crippen LogP contribution in [-0.2, 0) is 4.79 Å². The molecule has 0 radical (unpaired) electrons. The molecule has 2 aromatic rings. The van der Waals surface area contributed by atoms with Crippen LogP contribution in [0.2, 0.25) is 0 Å². The third-order valence-corrected chi connectivity index (χ3v) is 6.58. The molecule has 0 heterocycles. The van der Waals surface area contributed by atoms with Crippen LogP contribution in [-0.4, -0.2) is 47.2 Å². The zero-order valence-corrected chi connectivity index (χ0v) is 19.6. The highest BCUT2D eigenvalue weighted by Gasteiger charge is 2.72. The molecule has 178 valence electrons. The topological polar surface area (TPSA) is 95.7 Å². The SMILES string of the molecule is CCCN(CCC)C[C@@H](C)c1cc([C@@H]2[C@@H](c3ccccc3)[C@@]2(F)C(=O)NO)ccc1C(N)=O. The van der Waals surface area contributed by atoms with E-state index in [0.717, 1.165) is 38.0 Å². The van der Waals surface area contributed by atoms with E-state index in [1.807, 2.05) is 19.1 Å². The monoisotopic (exact) mass is 455 g/mol. The van der Waals surface area contributed by atoms with Crippen molar-refractivity contribution in [2.75, 3.05) is 19.6 Å². The molecule has 7 heteroatoms. The zero-order valence-electron chi connectivity index (χ0n) is 19.6. The van der Waals surface area contributed by atoms with Crippen LogP contribution in [0.1, 0.15) is 78.4 Å². The van der Waals surface area contributed by atoms with E-state index in [0.29, 0.717) is 16.7 Å². The van der Waals surface area contributed by atoms with Crippen molar-refractivity contribution in [1.82, 2.24) is 10.4 Å². The Morgan fingerprint density at radius 2 is 1.70 bits per heavy atom. The number of nitrogens with one attached hydrogen (secondary N) is 1. The molecule has 0 unspecified atom stereocenters. The second-order valence-corrected chi connectivity index (χ2v) is 8.99. The van der Waals surface area contributed by atoms with Gasteiger partial charge in [-0.1, -0.05) is 63.2 Å². The molecule has 4 atom stereocenters. The van der Waals surface area contributed by atoms with Crippen molar-refractivity contribution in [3.63, 3.8) is 0 Å². The van der Waals surface area contributed by atoms with Crippen LogP contribution in [0, 0.1) is 0 Å². The van der Waals surface area contributed by atoms with Gasteiger partial charge >= 0.3 is 0 Å². The number of benzene rings is 2. The lowest BCUT2D eigenvalue weighted by Crippen LogP contribution is -2.33. The first-order chi connectivity index (χ1) is 15.8. The first-order valence-electron chi connectivity index (χ1n) is 11.6. The minimum absolute atomic E-state index is 0.0137. The van der Waals surface area contributed by atoms with Crippen LogP contribution in [0.15, 0.2) is 48.5 Å². The fraction of sp³-hybridized carbons (Fsp3) is 0.462. The molecule has 3 rings (SSSR count). The van der Waals surface area contributed by atoms with Gasteiger partial charge in [0.15, 0.2) is 0 Å². The summed E-state index contributed by atoms with van der Waals surface area (Å²) in [7, 11) is 0. The molecule has 2 amide bonds. The first kappa shape index (κ1) is 24.9. The second-order valence-electron chi connectivity index (χ2n) is 8.99. The van der Waals surface area contributed by atoms with E-state index in [1.165, 1.54) is 5.48 Å². The lowest BCUT2D eigenvalue weighted by molar-refractivity contribution is -0.136. The van der Waals surface area contributed by atoms with E-state index in [4.69, 9.17) is 5.73 Å². The molecule has 33 heavy (non-hydrogen) atoms. The molecular formula is C26H34FN3O3. The van der Waals surface area contributed by atoms with Gasteiger partial charge in [0.2, 0.25) is 11.6 Å². The van der Waals surface area contributed by atoms with Crippen molar-refractivity contribution in [1.29, 1.82) is 0 Å². The average Bonchev–Trinajstić information content (AvgIpc) is 3.45. The van der Waals surface area contributed by atoms with Gasteiger partial charge in [-0.25, -0.2) is 9.87 Å². The summed E-state index contributed by atoms with van der Waals surface area (Å²) in [5.74, 6) is -3.12. The van der Waals surface area contributed by atoms with E-state index in [1.54, 1.807) is 36.4 Å². The van der Waals surface area contributed by atoms with Crippen LogP contribution in [0.25, 0.3) is 0 Å². The number of primary amides is 1. The van der Waals surface area contributed by atoms with Gasteiger partial charge in [0.1, 0.15) is 0 Å². The summed E-state index contributed by atoms with van der Waals surface area (Å²) >= 11 is 0. The normalized spacial score (nSPS) is 22.7. The molecule has 1 fully saturated rings. The predicted molar refractivity (Wildman–Crippen MR) is 126 cm³/mol. The van der Waals surface area contributed by atoms with Crippen molar-refractivity contribution >= 4 is 11.8 Å². The fourth-order valence-corrected chi connectivity index (χ4v) is 5.08.